The number of aromatic amines is 1. The number of ether oxygens (including phenoxy) is 1. The van der Waals surface area contributed by atoms with Gasteiger partial charge in [-0.2, -0.15) is 0 Å². The zero-order chi connectivity index (χ0) is 22.0. The summed E-state index contributed by atoms with van der Waals surface area (Å²) in [5.74, 6) is -0.0604. The molecule has 1 fully saturated rings. The zero-order valence-corrected chi connectivity index (χ0v) is 17.6. The van der Waals surface area contributed by atoms with Crippen molar-refractivity contribution in [2.24, 2.45) is 5.92 Å². The number of fused-ring (bicyclic) bond motifs is 1. The summed E-state index contributed by atoms with van der Waals surface area (Å²) in [6.45, 7) is 0.905. The molecule has 0 unspecified atom stereocenters. The van der Waals surface area contributed by atoms with Gasteiger partial charge in [-0.05, 0) is 49.2 Å². The van der Waals surface area contributed by atoms with E-state index in [1.807, 2.05) is 0 Å². The van der Waals surface area contributed by atoms with Gasteiger partial charge < -0.3 is 19.9 Å². The number of hydrogen-bond acceptors (Lipinski definition) is 5. The number of benzene rings is 2. The Hall–Kier alpha value is -3.39. The molecule has 2 heterocycles. The number of likely N-dealkylation sites (tertiary alicyclic amines) is 1. The minimum Gasteiger partial charge on any atom is -0.496 e. The number of hydrogen-bond donors (Lipinski definition) is 2. The molecule has 2 amide bonds. The quantitative estimate of drug-likeness (QED) is 0.648. The SMILES string of the molecule is COc1ccc(Cl)cc1C(=O)N1CCC(C(=O)Nc2ccc3nc[nH]c(=O)c3c2)CC1. The van der Waals surface area contributed by atoms with Crippen LogP contribution in [0.4, 0.5) is 5.69 Å². The monoisotopic (exact) mass is 440 g/mol. The van der Waals surface area contributed by atoms with Gasteiger partial charge in [0, 0.05) is 29.7 Å². The van der Waals surface area contributed by atoms with Crippen molar-refractivity contribution in [1.82, 2.24) is 14.9 Å². The molecule has 3 aromatic rings. The number of halogens is 1. The summed E-state index contributed by atoms with van der Waals surface area (Å²) in [6.07, 6.45) is 2.42. The molecule has 1 aliphatic rings. The number of anilines is 1. The highest BCUT2D eigenvalue weighted by Crippen LogP contribution is 2.27. The second-order valence-electron chi connectivity index (χ2n) is 7.36. The average molecular weight is 441 g/mol. The number of aromatic nitrogens is 2. The molecule has 1 aliphatic heterocycles. The Morgan fingerprint density at radius 1 is 1.19 bits per heavy atom. The van der Waals surface area contributed by atoms with Gasteiger partial charge in [0.25, 0.3) is 11.5 Å². The first kappa shape index (κ1) is 20.9. The van der Waals surface area contributed by atoms with Gasteiger partial charge in [0.2, 0.25) is 5.91 Å². The van der Waals surface area contributed by atoms with Crippen molar-refractivity contribution in [1.29, 1.82) is 0 Å². The summed E-state index contributed by atoms with van der Waals surface area (Å²) >= 11 is 6.04. The van der Waals surface area contributed by atoms with Crippen molar-refractivity contribution in [2.45, 2.75) is 12.8 Å². The van der Waals surface area contributed by atoms with Crippen LogP contribution in [0.5, 0.6) is 5.75 Å². The number of amides is 2. The number of nitrogens with one attached hydrogen (secondary N) is 2. The standard InChI is InChI=1S/C22H21ClN4O4/c1-31-19-5-2-14(23)10-17(19)22(30)27-8-6-13(7-9-27)20(28)26-15-3-4-18-16(11-15)21(29)25-12-24-18/h2-5,10-13H,6-9H2,1H3,(H,26,28)(H,24,25,29). The third-order valence-electron chi connectivity index (χ3n) is 5.45. The molecule has 1 saturated heterocycles. The lowest BCUT2D eigenvalue weighted by Crippen LogP contribution is -2.41. The topological polar surface area (TPSA) is 104 Å². The molecule has 2 aromatic carbocycles. The molecule has 2 N–H and O–H groups in total. The largest absolute Gasteiger partial charge is 0.496 e. The molecule has 0 radical (unpaired) electrons. The molecule has 160 valence electrons. The van der Waals surface area contributed by atoms with Gasteiger partial charge in [-0.15, -0.1) is 0 Å². The Balaban J connectivity index is 1.40. The van der Waals surface area contributed by atoms with Crippen molar-refractivity contribution in [2.75, 3.05) is 25.5 Å². The molecule has 4 rings (SSSR count). The summed E-state index contributed by atoms with van der Waals surface area (Å²) < 4.78 is 5.28. The molecule has 0 atom stereocenters. The third kappa shape index (κ3) is 4.39. The molecule has 1 aromatic heterocycles. The van der Waals surface area contributed by atoms with Gasteiger partial charge in [0.05, 0.1) is 29.9 Å². The van der Waals surface area contributed by atoms with Crippen LogP contribution in [0, 0.1) is 5.92 Å². The fourth-order valence-electron chi connectivity index (χ4n) is 3.75. The zero-order valence-electron chi connectivity index (χ0n) is 16.9. The Labute approximate surface area is 183 Å². The summed E-state index contributed by atoms with van der Waals surface area (Å²) in [6, 6.07) is 9.96. The van der Waals surface area contributed by atoms with E-state index in [0.717, 1.165) is 0 Å². The summed E-state index contributed by atoms with van der Waals surface area (Å²) in [5, 5.41) is 3.75. The van der Waals surface area contributed by atoms with Crippen LogP contribution < -0.4 is 15.6 Å². The van der Waals surface area contributed by atoms with E-state index in [1.54, 1.807) is 41.3 Å². The maximum atomic E-state index is 12.9. The van der Waals surface area contributed by atoms with Gasteiger partial charge in [0.15, 0.2) is 0 Å². The molecule has 8 nitrogen and oxygen atoms in total. The lowest BCUT2D eigenvalue weighted by molar-refractivity contribution is -0.121. The second kappa shape index (κ2) is 8.77. The van der Waals surface area contributed by atoms with Crippen molar-refractivity contribution in [3.05, 3.63) is 63.7 Å². The fourth-order valence-corrected chi connectivity index (χ4v) is 3.93. The first-order valence-corrected chi connectivity index (χ1v) is 10.2. The average Bonchev–Trinajstić information content (AvgIpc) is 2.79. The molecule has 31 heavy (non-hydrogen) atoms. The predicted molar refractivity (Wildman–Crippen MR) is 118 cm³/mol. The number of methoxy groups -OCH3 is 1. The van der Waals surface area contributed by atoms with Gasteiger partial charge in [-0.3, -0.25) is 14.4 Å². The van der Waals surface area contributed by atoms with E-state index in [4.69, 9.17) is 16.3 Å². The number of nitrogens with zero attached hydrogens (tertiary/aromatic N) is 2. The highest BCUT2D eigenvalue weighted by Gasteiger charge is 2.29. The number of H-pyrrole nitrogens is 1. The maximum absolute atomic E-state index is 12.9. The van der Waals surface area contributed by atoms with Crippen LogP contribution in [0.1, 0.15) is 23.2 Å². The second-order valence-corrected chi connectivity index (χ2v) is 7.80. The highest BCUT2D eigenvalue weighted by molar-refractivity contribution is 6.31. The van der Waals surface area contributed by atoms with E-state index in [0.29, 0.717) is 58.9 Å². The van der Waals surface area contributed by atoms with Crippen LogP contribution in [0.25, 0.3) is 10.9 Å². The van der Waals surface area contributed by atoms with Gasteiger partial charge in [-0.25, -0.2) is 4.98 Å². The summed E-state index contributed by atoms with van der Waals surface area (Å²) in [4.78, 5) is 45.9. The minimum atomic E-state index is -0.260. The number of piperidine rings is 1. The lowest BCUT2D eigenvalue weighted by Gasteiger charge is -2.31. The van der Waals surface area contributed by atoms with Crippen LogP contribution in [-0.2, 0) is 4.79 Å². The molecule has 0 bridgehead atoms. The van der Waals surface area contributed by atoms with Gasteiger partial charge in [-0.1, -0.05) is 11.6 Å². The van der Waals surface area contributed by atoms with E-state index in [-0.39, 0.29) is 23.3 Å². The minimum absolute atomic E-state index is 0.132. The number of rotatable bonds is 4. The van der Waals surface area contributed by atoms with Crippen molar-refractivity contribution >= 4 is 40.0 Å². The lowest BCUT2D eigenvalue weighted by atomic mass is 9.95. The Bertz CT molecular complexity index is 1200. The van der Waals surface area contributed by atoms with Crippen LogP contribution in [0.3, 0.4) is 0 Å². The third-order valence-corrected chi connectivity index (χ3v) is 5.69. The molecule has 0 saturated carbocycles. The van der Waals surface area contributed by atoms with Crippen LogP contribution in [-0.4, -0.2) is 46.9 Å². The van der Waals surface area contributed by atoms with E-state index in [2.05, 4.69) is 15.3 Å². The molecule has 0 aliphatic carbocycles. The Morgan fingerprint density at radius 2 is 1.97 bits per heavy atom. The summed E-state index contributed by atoms with van der Waals surface area (Å²) in [7, 11) is 1.51. The van der Waals surface area contributed by atoms with E-state index >= 15 is 0 Å². The number of carbonyl (C=O) groups is 2. The van der Waals surface area contributed by atoms with Crippen LogP contribution >= 0.6 is 11.6 Å². The fraction of sp³-hybridized carbons (Fsp3) is 0.273. The molecular formula is C22H21ClN4O4. The first-order valence-electron chi connectivity index (χ1n) is 9.87. The summed E-state index contributed by atoms with van der Waals surface area (Å²) in [5.41, 5.74) is 1.25. The molecule has 9 heteroatoms. The Morgan fingerprint density at radius 3 is 2.71 bits per heavy atom. The normalized spacial score (nSPS) is 14.5. The van der Waals surface area contributed by atoms with E-state index in [9.17, 15) is 14.4 Å². The van der Waals surface area contributed by atoms with Crippen molar-refractivity contribution in [3.8, 4) is 5.75 Å². The Kier molecular flexibility index (Phi) is 5.90. The van der Waals surface area contributed by atoms with Gasteiger partial charge in [0.1, 0.15) is 5.75 Å². The van der Waals surface area contributed by atoms with Crippen molar-refractivity contribution < 1.29 is 14.3 Å². The van der Waals surface area contributed by atoms with Crippen molar-refractivity contribution in [3.63, 3.8) is 0 Å². The maximum Gasteiger partial charge on any atom is 0.258 e. The highest BCUT2D eigenvalue weighted by atomic mass is 35.5. The smallest absolute Gasteiger partial charge is 0.258 e. The predicted octanol–water partition coefficient (Wildman–Crippen LogP) is 3.08. The number of carbonyl (C=O) groups excluding carboxylic acids is 2. The first-order chi connectivity index (χ1) is 15.0. The van der Waals surface area contributed by atoms with E-state index < -0.39 is 0 Å². The molecule has 0 spiro atoms. The molecular weight excluding hydrogens is 420 g/mol. The van der Waals surface area contributed by atoms with Crippen LogP contribution in [0.15, 0.2) is 47.5 Å². The van der Waals surface area contributed by atoms with Crippen LogP contribution in [0.2, 0.25) is 5.02 Å². The van der Waals surface area contributed by atoms with E-state index in [1.165, 1.54) is 13.4 Å². The van der Waals surface area contributed by atoms with Gasteiger partial charge >= 0.3 is 0 Å².